The van der Waals surface area contributed by atoms with Gasteiger partial charge in [-0.15, -0.1) is 0 Å². The first-order valence-corrected chi connectivity index (χ1v) is 8.32. The van der Waals surface area contributed by atoms with Crippen molar-refractivity contribution in [3.05, 3.63) is 32.7 Å². The summed E-state index contributed by atoms with van der Waals surface area (Å²) in [6.07, 6.45) is 3.49. The average molecular weight is 389 g/mol. The van der Waals surface area contributed by atoms with Crippen molar-refractivity contribution in [2.45, 2.75) is 39.2 Å². The van der Waals surface area contributed by atoms with Crippen molar-refractivity contribution < 1.29 is 4.79 Å². The van der Waals surface area contributed by atoms with Crippen LogP contribution in [0.1, 0.15) is 43.5 Å². The number of rotatable bonds is 2. The molecule has 1 aliphatic carbocycles. The number of carbonyl (C=O) groups excluding carboxylic acids is 1. The Morgan fingerprint density at radius 3 is 2.63 bits per heavy atom. The van der Waals surface area contributed by atoms with Gasteiger partial charge in [0.25, 0.3) is 5.91 Å². The van der Waals surface area contributed by atoms with Crippen molar-refractivity contribution in [3.63, 3.8) is 0 Å². The van der Waals surface area contributed by atoms with Crippen LogP contribution in [0.15, 0.2) is 27.1 Å². The molecule has 2 rings (SSSR count). The first kappa shape index (κ1) is 15.0. The molecule has 1 fully saturated rings. The third-order valence-electron chi connectivity index (χ3n) is 3.92. The second-order valence-electron chi connectivity index (χ2n) is 5.60. The Hall–Kier alpha value is -0.350. The molecule has 19 heavy (non-hydrogen) atoms. The smallest absolute Gasteiger partial charge is 0.252 e. The molecular weight excluding hydrogens is 370 g/mol. The minimum absolute atomic E-state index is 0.0192. The lowest BCUT2D eigenvalue weighted by molar-refractivity contribution is 0.0899. The van der Waals surface area contributed by atoms with Crippen LogP contribution in [0.25, 0.3) is 0 Å². The summed E-state index contributed by atoms with van der Waals surface area (Å²) in [5.41, 5.74) is 0.703. The number of nitrogens with one attached hydrogen (secondary N) is 1. The van der Waals surface area contributed by atoms with E-state index in [1.165, 1.54) is 12.8 Å². The Morgan fingerprint density at radius 2 is 2.00 bits per heavy atom. The fourth-order valence-corrected chi connectivity index (χ4v) is 4.03. The van der Waals surface area contributed by atoms with E-state index in [4.69, 9.17) is 0 Å². The summed E-state index contributed by atoms with van der Waals surface area (Å²) in [4.78, 5) is 12.3. The van der Waals surface area contributed by atoms with Crippen LogP contribution < -0.4 is 5.32 Å². The lowest BCUT2D eigenvalue weighted by atomic mass is 9.80. The van der Waals surface area contributed by atoms with E-state index >= 15 is 0 Å². The number of amides is 1. The maximum Gasteiger partial charge on any atom is 0.252 e. The predicted octanol–water partition coefficient (Wildman–Crippen LogP) is 4.77. The SMILES string of the molecule is CC1CCC(NC(=O)c2ccc(Br)cc2Br)C(C)C1. The highest BCUT2D eigenvalue weighted by atomic mass is 79.9. The molecule has 1 amide bonds. The van der Waals surface area contributed by atoms with Crippen LogP contribution in [0, 0.1) is 11.8 Å². The van der Waals surface area contributed by atoms with Crippen molar-refractivity contribution in [1.82, 2.24) is 5.32 Å². The Bertz CT molecular complexity index is 475. The summed E-state index contributed by atoms with van der Waals surface area (Å²) in [6.45, 7) is 4.52. The molecule has 0 radical (unpaired) electrons. The fraction of sp³-hybridized carbons (Fsp3) is 0.533. The van der Waals surface area contributed by atoms with E-state index in [2.05, 4.69) is 51.0 Å². The lowest BCUT2D eigenvalue weighted by Gasteiger charge is -2.33. The molecule has 1 saturated carbocycles. The molecule has 1 N–H and O–H groups in total. The zero-order valence-electron chi connectivity index (χ0n) is 11.2. The van der Waals surface area contributed by atoms with Crippen LogP contribution in [0.4, 0.5) is 0 Å². The van der Waals surface area contributed by atoms with E-state index in [0.717, 1.165) is 21.3 Å². The third-order valence-corrected chi connectivity index (χ3v) is 5.07. The molecule has 0 aromatic heterocycles. The quantitative estimate of drug-likeness (QED) is 0.776. The van der Waals surface area contributed by atoms with Gasteiger partial charge >= 0.3 is 0 Å². The third kappa shape index (κ3) is 3.82. The zero-order valence-corrected chi connectivity index (χ0v) is 14.4. The van der Waals surface area contributed by atoms with Crippen molar-refractivity contribution in [1.29, 1.82) is 0 Å². The van der Waals surface area contributed by atoms with Gasteiger partial charge in [-0.25, -0.2) is 0 Å². The molecule has 1 aliphatic rings. The standard InChI is InChI=1S/C15H19Br2NO/c1-9-3-6-14(10(2)7-9)18-15(19)12-5-4-11(16)8-13(12)17/h4-5,8-10,14H,3,6-7H2,1-2H3,(H,18,19). The minimum Gasteiger partial charge on any atom is -0.349 e. The highest BCUT2D eigenvalue weighted by Crippen LogP contribution is 2.29. The molecule has 3 atom stereocenters. The summed E-state index contributed by atoms with van der Waals surface area (Å²) in [5, 5.41) is 3.18. The van der Waals surface area contributed by atoms with Crippen LogP contribution in [0.2, 0.25) is 0 Å². The van der Waals surface area contributed by atoms with E-state index < -0.39 is 0 Å². The largest absolute Gasteiger partial charge is 0.349 e. The highest BCUT2D eigenvalue weighted by molar-refractivity contribution is 9.11. The Labute approximate surface area is 131 Å². The molecule has 0 spiro atoms. The van der Waals surface area contributed by atoms with Gasteiger partial charge in [0, 0.05) is 15.0 Å². The Balaban J connectivity index is 2.04. The van der Waals surface area contributed by atoms with Crippen LogP contribution >= 0.6 is 31.9 Å². The van der Waals surface area contributed by atoms with Crippen LogP contribution in [-0.2, 0) is 0 Å². The molecule has 104 valence electrons. The summed E-state index contributed by atoms with van der Waals surface area (Å²) in [6, 6.07) is 5.95. The molecule has 4 heteroatoms. The maximum absolute atomic E-state index is 12.3. The molecular formula is C15H19Br2NO. The first-order chi connectivity index (χ1) is 8.97. The Morgan fingerprint density at radius 1 is 1.26 bits per heavy atom. The average Bonchev–Trinajstić information content (AvgIpc) is 2.32. The van der Waals surface area contributed by atoms with Crippen molar-refractivity contribution in [3.8, 4) is 0 Å². The molecule has 0 bridgehead atoms. The van der Waals surface area contributed by atoms with Crippen LogP contribution in [0.3, 0.4) is 0 Å². The minimum atomic E-state index is 0.0192. The van der Waals surface area contributed by atoms with E-state index in [1.807, 2.05) is 18.2 Å². The van der Waals surface area contributed by atoms with Crippen molar-refractivity contribution in [2.24, 2.45) is 11.8 Å². The van der Waals surface area contributed by atoms with E-state index in [1.54, 1.807) is 0 Å². The molecule has 0 saturated heterocycles. The Kier molecular flexibility index (Phi) is 5.07. The molecule has 0 heterocycles. The normalized spacial score (nSPS) is 27.1. The number of benzene rings is 1. The van der Waals surface area contributed by atoms with Gasteiger partial charge in [0.15, 0.2) is 0 Å². The second-order valence-corrected chi connectivity index (χ2v) is 7.37. The van der Waals surface area contributed by atoms with E-state index in [0.29, 0.717) is 17.5 Å². The molecule has 3 unspecified atom stereocenters. The van der Waals surface area contributed by atoms with Gasteiger partial charge in [-0.2, -0.15) is 0 Å². The van der Waals surface area contributed by atoms with Crippen molar-refractivity contribution in [2.75, 3.05) is 0 Å². The van der Waals surface area contributed by atoms with E-state index in [9.17, 15) is 4.79 Å². The van der Waals surface area contributed by atoms with Gasteiger partial charge in [0.1, 0.15) is 0 Å². The fourth-order valence-electron chi connectivity index (χ4n) is 2.80. The molecule has 1 aromatic rings. The van der Waals surface area contributed by atoms with Crippen LogP contribution in [-0.4, -0.2) is 11.9 Å². The highest BCUT2D eigenvalue weighted by Gasteiger charge is 2.27. The second kappa shape index (κ2) is 6.40. The number of carbonyl (C=O) groups is 1. The van der Waals surface area contributed by atoms with E-state index in [-0.39, 0.29) is 5.91 Å². The summed E-state index contributed by atoms with van der Waals surface area (Å²) < 4.78 is 1.80. The molecule has 1 aromatic carbocycles. The lowest BCUT2D eigenvalue weighted by Crippen LogP contribution is -2.42. The number of halogens is 2. The van der Waals surface area contributed by atoms with Gasteiger partial charge in [0.05, 0.1) is 5.56 Å². The molecule has 0 aliphatic heterocycles. The topological polar surface area (TPSA) is 29.1 Å². The monoisotopic (exact) mass is 387 g/mol. The first-order valence-electron chi connectivity index (χ1n) is 6.73. The maximum atomic E-state index is 12.3. The van der Waals surface area contributed by atoms with Gasteiger partial charge in [-0.05, 0) is 65.2 Å². The van der Waals surface area contributed by atoms with Gasteiger partial charge in [-0.3, -0.25) is 4.79 Å². The summed E-state index contributed by atoms with van der Waals surface area (Å²) >= 11 is 6.84. The predicted molar refractivity (Wildman–Crippen MR) is 85.3 cm³/mol. The summed E-state index contributed by atoms with van der Waals surface area (Å²) in [5.74, 6) is 1.36. The van der Waals surface area contributed by atoms with Gasteiger partial charge in [-0.1, -0.05) is 29.8 Å². The van der Waals surface area contributed by atoms with Gasteiger partial charge in [0.2, 0.25) is 0 Å². The number of hydrogen-bond acceptors (Lipinski definition) is 1. The number of hydrogen-bond donors (Lipinski definition) is 1. The molecule has 2 nitrogen and oxygen atoms in total. The van der Waals surface area contributed by atoms with Crippen molar-refractivity contribution >= 4 is 37.8 Å². The summed E-state index contributed by atoms with van der Waals surface area (Å²) in [7, 11) is 0. The van der Waals surface area contributed by atoms with Gasteiger partial charge < -0.3 is 5.32 Å². The van der Waals surface area contributed by atoms with Crippen LogP contribution in [0.5, 0.6) is 0 Å². The zero-order chi connectivity index (χ0) is 14.0.